The van der Waals surface area contributed by atoms with Gasteiger partial charge in [-0.05, 0) is 67.1 Å². The maximum atomic E-state index is 12.7. The summed E-state index contributed by atoms with van der Waals surface area (Å²) < 4.78 is 0. The van der Waals surface area contributed by atoms with Crippen molar-refractivity contribution in [3.63, 3.8) is 0 Å². The van der Waals surface area contributed by atoms with Crippen LogP contribution in [-0.2, 0) is 6.42 Å². The van der Waals surface area contributed by atoms with Crippen LogP contribution in [0.3, 0.4) is 0 Å². The number of amides is 2. The summed E-state index contributed by atoms with van der Waals surface area (Å²) in [6.45, 7) is 4.58. The number of benzene rings is 2. The number of nitrogens with zero attached hydrogens (tertiary/aromatic N) is 1. The van der Waals surface area contributed by atoms with Gasteiger partial charge >= 0.3 is 0 Å². The summed E-state index contributed by atoms with van der Waals surface area (Å²) in [5.74, 6) is -0.0726. The number of carbonyl (C=O) groups is 2. The normalized spacial score (nSPS) is 12.7. The van der Waals surface area contributed by atoms with E-state index >= 15 is 0 Å². The van der Waals surface area contributed by atoms with Crippen molar-refractivity contribution in [2.75, 3.05) is 16.8 Å². The first-order valence-electron chi connectivity index (χ1n) is 8.90. The Labute approximate surface area is 162 Å². The number of hydrogen-bond acceptors (Lipinski definition) is 3. The maximum Gasteiger partial charge on any atom is 0.268 e. The molecular weight excluding hydrogens is 356 g/mol. The smallest absolute Gasteiger partial charge is 0.268 e. The second-order valence-electron chi connectivity index (χ2n) is 6.80. The molecule has 2 heterocycles. The molecule has 1 aromatic heterocycles. The van der Waals surface area contributed by atoms with Gasteiger partial charge in [0.05, 0.1) is 4.88 Å². The van der Waals surface area contributed by atoms with Crippen LogP contribution in [0.2, 0.25) is 0 Å². The molecule has 4 nitrogen and oxygen atoms in total. The van der Waals surface area contributed by atoms with Crippen molar-refractivity contribution in [2.45, 2.75) is 20.3 Å². The minimum Gasteiger partial charge on any atom is -0.322 e. The lowest BCUT2D eigenvalue weighted by Crippen LogP contribution is -2.28. The molecule has 2 amide bonds. The van der Waals surface area contributed by atoms with E-state index in [1.807, 2.05) is 72.7 Å². The highest BCUT2D eigenvalue weighted by Gasteiger charge is 2.26. The Balaban J connectivity index is 1.55. The molecule has 1 N–H and O–H groups in total. The number of hydrogen-bond donors (Lipinski definition) is 1. The topological polar surface area (TPSA) is 49.4 Å². The van der Waals surface area contributed by atoms with Crippen molar-refractivity contribution >= 4 is 34.5 Å². The Kier molecular flexibility index (Phi) is 4.54. The number of anilines is 2. The van der Waals surface area contributed by atoms with Gasteiger partial charge < -0.3 is 10.2 Å². The van der Waals surface area contributed by atoms with Crippen LogP contribution in [0.5, 0.6) is 0 Å². The number of aryl methyl sites for hydroxylation is 2. The van der Waals surface area contributed by atoms with Crippen molar-refractivity contribution < 1.29 is 9.59 Å². The molecule has 27 heavy (non-hydrogen) atoms. The SMILES string of the molecule is Cc1ccc(C)c(C(=O)Nc2ccc3c(c2)CCN3C(=O)c2cccs2)c1. The summed E-state index contributed by atoms with van der Waals surface area (Å²) in [5, 5.41) is 4.90. The van der Waals surface area contributed by atoms with Gasteiger partial charge in [0.2, 0.25) is 0 Å². The fraction of sp³-hybridized carbons (Fsp3) is 0.182. The molecular formula is C22H20N2O2S. The summed E-state index contributed by atoms with van der Waals surface area (Å²) in [6, 6.07) is 15.4. The fourth-order valence-corrected chi connectivity index (χ4v) is 4.07. The first-order chi connectivity index (χ1) is 13.0. The number of carbonyl (C=O) groups excluding carboxylic acids is 2. The highest BCUT2D eigenvalue weighted by Crippen LogP contribution is 2.32. The zero-order valence-electron chi connectivity index (χ0n) is 15.3. The Morgan fingerprint density at radius 3 is 2.70 bits per heavy atom. The Bertz CT molecular complexity index is 1020. The van der Waals surface area contributed by atoms with Crippen molar-refractivity contribution in [2.24, 2.45) is 0 Å². The van der Waals surface area contributed by atoms with Crippen LogP contribution in [0.1, 0.15) is 36.7 Å². The predicted molar refractivity (Wildman–Crippen MR) is 110 cm³/mol. The van der Waals surface area contributed by atoms with Gasteiger partial charge in [0.25, 0.3) is 11.8 Å². The molecule has 0 spiro atoms. The lowest BCUT2D eigenvalue weighted by atomic mass is 10.0. The summed E-state index contributed by atoms with van der Waals surface area (Å²) >= 11 is 1.46. The highest BCUT2D eigenvalue weighted by molar-refractivity contribution is 7.12. The second kappa shape index (κ2) is 7.00. The minimum atomic E-state index is -0.110. The van der Waals surface area contributed by atoms with E-state index in [0.717, 1.165) is 39.4 Å². The molecule has 0 radical (unpaired) electrons. The van der Waals surface area contributed by atoms with Gasteiger partial charge in [0.15, 0.2) is 0 Å². The number of fused-ring (bicyclic) bond motifs is 1. The first-order valence-corrected chi connectivity index (χ1v) is 9.78. The fourth-order valence-electron chi connectivity index (χ4n) is 3.40. The van der Waals surface area contributed by atoms with Gasteiger partial charge in [-0.25, -0.2) is 0 Å². The summed E-state index contributed by atoms with van der Waals surface area (Å²) in [4.78, 5) is 27.9. The Morgan fingerprint density at radius 1 is 1.07 bits per heavy atom. The molecule has 0 fully saturated rings. The van der Waals surface area contributed by atoms with Crippen LogP contribution < -0.4 is 10.2 Å². The maximum absolute atomic E-state index is 12.7. The molecule has 0 atom stereocenters. The molecule has 5 heteroatoms. The van der Waals surface area contributed by atoms with Crippen molar-refractivity contribution in [1.82, 2.24) is 0 Å². The molecule has 0 bridgehead atoms. The van der Waals surface area contributed by atoms with E-state index in [0.29, 0.717) is 12.1 Å². The van der Waals surface area contributed by atoms with Gasteiger partial charge in [-0.2, -0.15) is 0 Å². The van der Waals surface area contributed by atoms with E-state index in [4.69, 9.17) is 0 Å². The molecule has 2 aromatic carbocycles. The van der Waals surface area contributed by atoms with Gasteiger partial charge in [-0.15, -0.1) is 11.3 Å². The number of rotatable bonds is 3. The van der Waals surface area contributed by atoms with Crippen LogP contribution in [0.15, 0.2) is 53.9 Å². The minimum absolute atomic E-state index is 0.0379. The Morgan fingerprint density at radius 2 is 1.93 bits per heavy atom. The lowest BCUT2D eigenvalue weighted by molar-refractivity contribution is 0.0991. The van der Waals surface area contributed by atoms with Crippen molar-refractivity contribution in [1.29, 1.82) is 0 Å². The third-order valence-electron chi connectivity index (χ3n) is 4.85. The summed E-state index contributed by atoms with van der Waals surface area (Å²) in [7, 11) is 0. The molecule has 0 saturated carbocycles. The van der Waals surface area contributed by atoms with Gasteiger partial charge in [0, 0.05) is 23.5 Å². The zero-order valence-corrected chi connectivity index (χ0v) is 16.1. The first kappa shape index (κ1) is 17.5. The van der Waals surface area contributed by atoms with Gasteiger partial charge in [0.1, 0.15) is 0 Å². The van der Waals surface area contributed by atoms with Gasteiger partial charge in [-0.1, -0.05) is 23.8 Å². The summed E-state index contributed by atoms with van der Waals surface area (Å²) in [6.07, 6.45) is 0.791. The van der Waals surface area contributed by atoms with E-state index in [-0.39, 0.29) is 11.8 Å². The van der Waals surface area contributed by atoms with E-state index in [1.165, 1.54) is 11.3 Å². The van der Waals surface area contributed by atoms with E-state index in [9.17, 15) is 9.59 Å². The quantitative estimate of drug-likeness (QED) is 0.712. The number of thiophene rings is 1. The van der Waals surface area contributed by atoms with E-state index < -0.39 is 0 Å². The van der Waals surface area contributed by atoms with Crippen LogP contribution in [0.4, 0.5) is 11.4 Å². The van der Waals surface area contributed by atoms with Crippen LogP contribution in [-0.4, -0.2) is 18.4 Å². The number of nitrogens with one attached hydrogen (secondary N) is 1. The average molecular weight is 376 g/mol. The third kappa shape index (κ3) is 3.38. The van der Waals surface area contributed by atoms with Crippen molar-refractivity contribution in [3.05, 3.63) is 81.0 Å². The monoisotopic (exact) mass is 376 g/mol. The molecule has 0 unspecified atom stereocenters. The summed E-state index contributed by atoms with van der Waals surface area (Å²) in [5.41, 5.74) is 5.46. The molecule has 0 saturated heterocycles. The molecule has 1 aliphatic heterocycles. The van der Waals surface area contributed by atoms with Crippen LogP contribution in [0.25, 0.3) is 0 Å². The zero-order chi connectivity index (χ0) is 19.0. The Hall–Kier alpha value is -2.92. The van der Waals surface area contributed by atoms with Gasteiger partial charge in [-0.3, -0.25) is 9.59 Å². The standard InChI is InChI=1S/C22H20N2O2S/c1-14-5-6-15(2)18(12-14)21(25)23-17-7-8-19-16(13-17)9-10-24(19)22(26)20-4-3-11-27-20/h3-8,11-13H,9-10H2,1-2H3,(H,23,25). The second-order valence-corrected chi connectivity index (χ2v) is 7.75. The highest BCUT2D eigenvalue weighted by atomic mass is 32.1. The largest absolute Gasteiger partial charge is 0.322 e. The predicted octanol–water partition coefficient (Wildman–Crippen LogP) is 4.82. The van der Waals surface area contributed by atoms with E-state index in [1.54, 1.807) is 0 Å². The average Bonchev–Trinajstić information content (AvgIpc) is 3.32. The molecule has 4 rings (SSSR count). The lowest BCUT2D eigenvalue weighted by Gasteiger charge is -2.17. The van der Waals surface area contributed by atoms with Crippen molar-refractivity contribution in [3.8, 4) is 0 Å². The third-order valence-corrected chi connectivity index (χ3v) is 5.71. The molecule has 0 aliphatic carbocycles. The van der Waals surface area contributed by atoms with E-state index in [2.05, 4.69) is 5.32 Å². The van der Waals surface area contributed by atoms with Crippen LogP contribution in [0, 0.1) is 13.8 Å². The molecule has 3 aromatic rings. The van der Waals surface area contributed by atoms with Crippen LogP contribution >= 0.6 is 11.3 Å². The molecule has 1 aliphatic rings. The molecule has 136 valence electrons.